The van der Waals surface area contributed by atoms with Crippen LogP contribution in [0.4, 0.5) is 0 Å². The lowest BCUT2D eigenvalue weighted by Gasteiger charge is -2.03. The smallest absolute Gasteiger partial charge is 0.118 e. The van der Waals surface area contributed by atoms with Gasteiger partial charge in [-0.05, 0) is 36.2 Å². The molecule has 2 aromatic rings. The summed E-state index contributed by atoms with van der Waals surface area (Å²) in [5.41, 5.74) is 3.47. The zero-order chi connectivity index (χ0) is 12.7. The fourth-order valence-corrected chi connectivity index (χ4v) is 1.50. The third-order valence-electron chi connectivity index (χ3n) is 2.30. The molecule has 1 heterocycles. The van der Waals surface area contributed by atoms with Crippen molar-refractivity contribution < 1.29 is 4.74 Å². The van der Waals surface area contributed by atoms with E-state index in [2.05, 4.69) is 11.1 Å². The van der Waals surface area contributed by atoms with Gasteiger partial charge in [0.05, 0.1) is 7.11 Å². The lowest BCUT2D eigenvalue weighted by Crippen LogP contribution is -1.84. The van der Waals surface area contributed by atoms with Crippen molar-refractivity contribution in [3.8, 4) is 16.9 Å². The third kappa shape index (κ3) is 3.59. The van der Waals surface area contributed by atoms with Crippen LogP contribution in [-0.4, -0.2) is 12.1 Å². The Morgan fingerprint density at radius 1 is 0.941 bits per heavy atom. The molecular weight excluding hydrogens is 210 g/mol. The van der Waals surface area contributed by atoms with Crippen LogP contribution in [0.25, 0.3) is 11.1 Å². The molecule has 1 aromatic carbocycles. The van der Waals surface area contributed by atoms with Crippen molar-refractivity contribution >= 4 is 0 Å². The molecule has 2 nitrogen and oxygen atoms in total. The molecule has 90 valence electrons. The Bertz CT molecular complexity index is 449. The molecule has 0 radical (unpaired) electrons. The van der Waals surface area contributed by atoms with Crippen molar-refractivity contribution in [2.75, 3.05) is 7.11 Å². The lowest BCUT2D eigenvalue weighted by molar-refractivity contribution is 0.415. The summed E-state index contributed by atoms with van der Waals surface area (Å²) in [5, 5.41) is 0. The molecule has 0 fully saturated rings. The molecule has 0 spiro atoms. The summed E-state index contributed by atoms with van der Waals surface area (Å²) in [7, 11) is 1.67. The van der Waals surface area contributed by atoms with E-state index in [-0.39, 0.29) is 0 Å². The summed E-state index contributed by atoms with van der Waals surface area (Å²) in [5.74, 6) is 0.874. The molecule has 1 aromatic heterocycles. The molecule has 2 heteroatoms. The van der Waals surface area contributed by atoms with Crippen LogP contribution in [0.2, 0.25) is 0 Å². The fourth-order valence-electron chi connectivity index (χ4n) is 1.50. The minimum atomic E-state index is 0.874. The molecule has 0 saturated heterocycles. The van der Waals surface area contributed by atoms with Crippen molar-refractivity contribution in [3.05, 3.63) is 48.3 Å². The van der Waals surface area contributed by atoms with E-state index in [0.29, 0.717) is 0 Å². The van der Waals surface area contributed by atoms with Gasteiger partial charge in [-0.2, -0.15) is 0 Å². The largest absolute Gasteiger partial charge is 0.497 e. The molecule has 0 aliphatic carbocycles. The van der Waals surface area contributed by atoms with Crippen LogP contribution in [-0.2, 0) is 0 Å². The van der Waals surface area contributed by atoms with Gasteiger partial charge >= 0.3 is 0 Å². The molecule has 0 N–H and O–H groups in total. The van der Waals surface area contributed by atoms with Gasteiger partial charge in [0, 0.05) is 18.0 Å². The number of ether oxygens (including phenoxy) is 1. The number of hydrogen-bond acceptors (Lipinski definition) is 2. The minimum absolute atomic E-state index is 0.874. The molecule has 17 heavy (non-hydrogen) atoms. The topological polar surface area (TPSA) is 22.1 Å². The number of nitrogens with zero attached hydrogens (tertiary/aromatic N) is 1. The first-order valence-electron chi connectivity index (χ1n) is 5.85. The number of methoxy groups -OCH3 is 1. The molecule has 0 aliphatic rings. The maximum Gasteiger partial charge on any atom is 0.118 e. The van der Waals surface area contributed by atoms with Crippen LogP contribution in [0.5, 0.6) is 5.75 Å². The highest BCUT2D eigenvalue weighted by Crippen LogP contribution is 2.21. The molecular formula is C15H19NO. The fraction of sp³-hybridized carbons (Fsp3) is 0.267. The minimum Gasteiger partial charge on any atom is -0.497 e. The maximum absolute atomic E-state index is 5.11. The van der Waals surface area contributed by atoms with Crippen molar-refractivity contribution in [1.82, 2.24) is 4.98 Å². The van der Waals surface area contributed by atoms with Crippen LogP contribution in [0, 0.1) is 6.92 Å². The van der Waals surface area contributed by atoms with Gasteiger partial charge in [-0.1, -0.05) is 26.0 Å². The van der Waals surface area contributed by atoms with Gasteiger partial charge < -0.3 is 4.74 Å². The summed E-state index contributed by atoms with van der Waals surface area (Å²) in [6, 6.07) is 10.1. The molecule has 0 unspecified atom stereocenters. The molecule has 0 bridgehead atoms. The second-order valence-electron chi connectivity index (χ2n) is 3.48. The number of aryl methyl sites for hydroxylation is 1. The number of hydrogen-bond donors (Lipinski definition) is 0. The van der Waals surface area contributed by atoms with Gasteiger partial charge in [0.25, 0.3) is 0 Å². The van der Waals surface area contributed by atoms with E-state index < -0.39 is 0 Å². The Hall–Kier alpha value is -1.83. The first-order chi connectivity index (χ1) is 8.29. The molecule has 0 amide bonds. The summed E-state index contributed by atoms with van der Waals surface area (Å²) in [4.78, 5) is 4.17. The van der Waals surface area contributed by atoms with Crippen molar-refractivity contribution in [2.45, 2.75) is 20.8 Å². The van der Waals surface area contributed by atoms with E-state index in [4.69, 9.17) is 4.74 Å². The van der Waals surface area contributed by atoms with Gasteiger partial charge in [0.15, 0.2) is 0 Å². The van der Waals surface area contributed by atoms with E-state index >= 15 is 0 Å². The van der Waals surface area contributed by atoms with Crippen LogP contribution in [0.3, 0.4) is 0 Å². The first kappa shape index (κ1) is 13.2. The van der Waals surface area contributed by atoms with Crippen LogP contribution < -0.4 is 4.74 Å². The summed E-state index contributed by atoms with van der Waals surface area (Å²) >= 11 is 0. The summed E-state index contributed by atoms with van der Waals surface area (Å²) < 4.78 is 5.11. The SMILES string of the molecule is CC.COc1ccc(-c2cncc(C)c2)cc1. The highest BCUT2D eigenvalue weighted by molar-refractivity contribution is 5.63. The monoisotopic (exact) mass is 229 g/mol. The number of benzene rings is 1. The van der Waals surface area contributed by atoms with Gasteiger partial charge in [0.1, 0.15) is 5.75 Å². The Labute approximate surface area is 103 Å². The predicted molar refractivity (Wildman–Crippen MR) is 72.3 cm³/mol. The second kappa shape index (κ2) is 6.69. The quantitative estimate of drug-likeness (QED) is 0.773. The van der Waals surface area contributed by atoms with Gasteiger partial charge in [-0.25, -0.2) is 0 Å². The van der Waals surface area contributed by atoms with Gasteiger partial charge in [0.2, 0.25) is 0 Å². The molecule has 0 aliphatic heterocycles. The lowest BCUT2D eigenvalue weighted by atomic mass is 10.1. The van der Waals surface area contributed by atoms with E-state index in [0.717, 1.165) is 16.9 Å². The number of pyridine rings is 1. The van der Waals surface area contributed by atoms with E-state index in [1.54, 1.807) is 7.11 Å². The Kier molecular flexibility index (Phi) is 5.21. The first-order valence-corrected chi connectivity index (χ1v) is 5.85. The van der Waals surface area contributed by atoms with Gasteiger partial charge in [-0.15, -0.1) is 0 Å². The maximum atomic E-state index is 5.11. The van der Waals surface area contributed by atoms with Crippen molar-refractivity contribution in [2.24, 2.45) is 0 Å². The van der Waals surface area contributed by atoms with E-state index in [1.165, 1.54) is 5.56 Å². The summed E-state index contributed by atoms with van der Waals surface area (Å²) in [6.45, 7) is 6.04. The standard InChI is InChI=1S/C13H13NO.C2H6/c1-10-7-12(9-14-8-10)11-3-5-13(15-2)6-4-11;1-2/h3-9H,1-2H3;1-2H3. The van der Waals surface area contributed by atoms with Crippen LogP contribution in [0.15, 0.2) is 42.7 Å². The van der Waals surface area contributed by atoms with Gasteiger partial charge in [-0.3, -0.25) is 4.98 Å². The Morgan fingerprint density at radius 2 is 1.59 bits per heavy atom. The van der Waals surface area contributed by atoms with E-state index in [1.807, 2.05) is 57.4 Å². The molecule has 2 rings (SSSR count). The third-order valence-corrected chi connectivity index (χ3v) is 2.30. The molecule has 0 atom stereocenters. The zero-order valence-electron chi connectivity index (χ0n) is 10.9. The average Bonchev–Trinajstić information content (AvgIpc) is 2.41. The summed E-state index contributed by atoms with van der Waals surface area (Å²) in [6.07, 6.45) is 3.72. The average molecular weight is 229 g/mol. The Morgan fingerprint density at radius 3 is 2.12 bits per heavy atom. The Balaban J connectivity index is 0.000000686. The van der Waals surface area contributed by atoms with Crippen molar-refractivity contribution in [3.63, 3.8) is 0 Å². The van der Waals surface area contributed by atoms with E-state index in [9.17, 15) is 0 Å². The molecule has 0 saturated carbocycles. The highest BCUT2D eigenvalue weighted by atomic mass is 16.5. The number of aromatic nitrogens is 1. The van der Waals surface area contributed by atoms with Crippen LogP contribution >= 0.6 is 0 Å². The van der Waals surface area contributed by atoms with Crippen molar-refractivity contribution in [1.29, 1.82) is 0 Å². The zero-order valence-corrected chi connectivity index (χ0v) is 10.9. The second-order valence-corrected chi connectivity index (χ2v) is 3.48. The normalized spacial score (nSPS) is 9.18. The van der Waals surface area contributed by atoms with Crippen LogP contribution in [0.1, 0.15) is 19.4 Å². The number of rotatable bonds is 2. The predicted octanol–water partition coefficient (Wildman–Crippen LogP) is 4.09. The highest BCUT2D eigenvalue weighted by Gasteiger charge is 1.98.